The van der Waals surface area contributed by atoms with E-state index in [0.717, 1.165) is 5.56 Å². The van der Waals surface area contributed by atoms with Crippen LogP contribution in [0.15, 0.2) is 24.3 Å². The highest BCUT2D eigenvalue weighted by Gasteiger charge is 2.07. The van der Waals surface area contributed by atoms with E-state index in [0.29, 0.717) is 18.6 Å². The molecule has 0 saturated heterocycles. The third-order valence-corrected chi connectivity index (χ3v) is 2.43. The van der Waals surface area contributed by atoms with Gasteiger partial charge in [0.25, 0.3) is 0 Å². The topological polar surface area (TPSA) is 29.1 Å². The summed E-state index contributed by atoms with van der Waals surface area (Å²) < 4.78 is 12.7. The van der Waals surface area contributed by atoms with Crippen LogP contribution in [0.4, 0.5) is 4.39 Å². The van der Waals surface area contributed by atoms with E-state index in [9.17, 15) is 9.18 Å². The van der Waals surface area contributed by atoms with Crippen LogP contribution in [0.1, 0.15) is 18.9 Å². The van der Waals surface area contributed by atoms with Crippen molar-refractivity contribution in [3.63, 3.8) is 0 Å². The quantitative estimate of drug-likeness (QED) is 0.760. The molecule has 0 spiro atoms. The van der Waals surface area contributed by atoms with Gasteiger partial charge in [-0.25, -0.2) is 4.39 Å². The first kappa shape index (κ1) is 13.0. The lowest BCUT2D eigenvalue weighted by molar-refractivity contribution is -0.121. The average molecular weight is 241 g/mol. The average Bonchev–Trinajstić information content (AvgIpc) is 2.21. The second-order valence-electron chi connectivity index (χ2n) is 3.77. The van der Waals surface area contributed by atoms with Crippen molar-refractivity contribution in [3.05, 3.63) is 35.6 Å². The number of thiol groups is 1. The zero-order valence-electron chi connectivity index (χ0n) is 9.24. The Hall–Kier alpha value is -1.03. The highest BCUT2D eigenvalue weighted by molar-refractivity contribution is 7.80. The minimum Gasteiger partial charge on any atom is -0.353 e. The molecule has 1 rings (SSSR count). The monoisotopic (exact) mass is 241 g/mol. The molecule has 1 atom stereocenters. The molecule has 88 valence electrons. The smallest absolute Gasteiger partial charge is 0.221 e. The van der Waals surface area contributed by atoms with Crippen LogP contribution in [0.2, 0.25) is 0 Å². The summed E-state index contributed by atoms with van der Waals surface area (Å²) in [5.41, 5.74) is 1.01. The second-order valence-corrected chi connectivity index (χ2v) is 4.22. The number of amides is 1. The van der Waals surface area contributed by atoms with E-state index < -0.39 is 0 Å². The molecule has 4 heteroatoms. The van der Waals surface area contributed by atoms with Crippen molar-refractivity contribution in [3.8, 4) is 0 Å². The lowest BCUT2D eigenvalue weighted by atomic mass is 10.1. The van der Waals surface area contributed by atoms with Gasteiger partial charge >= 0.3 is 0 Å². The summed E-state index contributed by atoms with van der Waals surface area (Å²) in [6, 6.07) is 6.38. The lowest BCUT2D eigenvalue weighted by Gasteiger charge is -2.13. The number of halogens is 1. The predicted octanol–water partition coefficient (Wildman–Crippen LogP) is 2.19. The summed E-state index contributed by atoms with van der Waals surface area (Å²) in [5.74, 6) is 0.315. The van der Waals surface area contributed by atoms with Crippen molar-refractivity contribution in [2.24, 2.45) is 0 Å². The van der Waals surface area contributed by atoms with E-state index in [1.807, 2.05) is 6.92 Å². The van der Waals surface area contributed by atoms with Crippen LogP contribution in [-0.2, 0) is 11.2 Å². The summed E-state index contributed by atoms with van der Waals surface area (Å²) in [6.07, 6.45) is 1.13. The highest BCUT2D eigenvalue weighted by atomic mass is 32.1. The predicted molar refractivity (Wildman–Crippen MR) is 66.2 cm³/mol. The molecule has 0 heterocycles. The molecule has 1 aromatic rings. The van der Waals surface area contributed by atoms with Gasteiger partial charge in [0.2, 0.25) is 5.91 Å². The first-order valence-corrected chi connectivity index (χ1v) is 5.89. The first-order chi connectivity index (χ1) is 7.61. The van der Waals surface area contributed by atoms with E-state index in [1.54, 1.807) is 12.1 Å². The summed E-state index contributed by atoms with van der Waals surface area (Å²) in [4.78, 5) is 11.3. The number of carbonyl (C=O) groups excluding carboxylic acids is 1. The van der Waals surface area contributed by atoms with Gasteiger partial charge in [-0.05, 0) is 36.8 Å². The SMILES string of the molecule is CC(Cc1ccc(F)cc1)NC(=O)CCS. The van der Waals surface area contributed by atoms with Crippen molar-refractivity contribution in [2.45, 2.75) is 25.8 Å². The summed E-state index contributed by atoms with van der Waals surface area (Å²) in [5, 5.41) is 2.86. The lowest BCUT2D eigenvalue weighted by Crippen LogP contribution is -2.34. The number of hydrogen-bond acceptors (Lipinski definition) is 2. The standard InChI is InChI=1S/C12H16FNOS/c1-9(14-12(15)6-7-16)8-10-2-4-11(13)5-3-10/h2-5,9,16H,6-8H2,1H3,(H,14,15). The van der Waals surface area contributed by atoms with Gasteiger partial charge in [-0.2, -0.15) is 12.6 Å². The van der Waals surface area contributed by atoms with Gasteiger partial charge in [0.15, 0.2) is 0 Å². The largest absolute Gasteiger partial charge is 0.353 e. The molecule has 1 aromatic carbocycles. The van der Waals surface area contributed by atoms with Crippen molar-refractivity contribution >= 4 is 18.5 Å². The molecular weight excluding hydrogens is 225 g/mol. The Bertz CT molecular complexity index is 339. The van der Waals surface area contributed by atoms with E-state index in [2.05, 4.69) is 17.9 Å². The first-order valence-electron chi connectivity index (χ1n) is 5.26. The van der Waals surface area contributed by atoms with Crippen molar-refractivity contribution in [1.82, 2.24) is 5.32 Å². The molecule has 16 heavy (non-hydrogen) atoms. The molecule has 0 aliphatic heterocycles. The van der Waals surface area contributed by atoms with Crippen LogP contribution in [0.3, 0.4) is 0 Å². The number of rotatable bonds is 5. The molecule has 1 unspecified atom stereocenters. The third-order valence-electron chi connectivity index (χ3n) is 2.20. The van der Waals surface area contributed by atoms with Crippen LogP contribution >= 0.6 is 12.6 Å². The van der Waals surface area contributed by atoms with Crippen LogP contribution < -0.4 is 5.32 Å². The number of benzene rings is 1. The maximum atomic E-state index is 12.7. The minimum atomic E-state index is -0.240. The zero-order valence-corrected chi connectivity index (χ0v) is 10.1. The fourth-order valence-corrected chi connectivity index (χ4v) is 1.68. The van der Waals surface area contributed by atoms with Gasteiger partial charge in [0.05, 0.1) is 0 Å². The van der Waals surface area contributed by atoms with Gasteiger partial charge in [0.1, 0.15) is 5.82 Å². The fraction of sp³-hybridized carbons (Fsp3) is 0.417. The highest BCUT2D eigenvalue weighted by Crippen LogP contribution is 2.05. The van der Waals surface area contributed by atoms with Crippen LogP contribution in [0, 0.1) is 5.82 Å². The summed E-state index contributed by atoms with van der Waals surface area (Å²) in [7, 11) is 0. The van der Waals surface area contributed by atoms with E-state index in [-0.39, 0.29) is 17.8 Å². The number of hydrogen-bond donors (Lipinski definition) is 2. The zero-order chi connectivity index (χ0) is 12.0. The Balaban J connectivity index is 2.42. The Morgan fingerprint density at radius 2 is 2.06 bits per heavy atom. The molecule has 0 saturated carbocycles. The van der Waals surface area contributed by atoms with Crippen molar-refractivity contribution < 1.29 is 9.18 Å². The Morgan fingerprint density at radius 3 is 2.62 bits per heavy atom. The molecule has 2 nitrogen and oxygen atoms in total. The Morgan fingerprint density at radius 1 is 1.44 bits per heavy atom. The molecular formula is C12H16FNOS. The van der Waals surface area contributed by atoms with Gasteiger partial charge in [-0.15, -0.1) is 0 Å². The molecule has 0 aliphatic rings. The van der Waals surface area contributed by atoms with Crippen LogP contribution in [0.5, 0.6) is 0 Å². The summed E-state index contributed by atoms with van der Waals surface area (Å²) in [6.45, 7) is 1.93. The van der Waals surface area contributed by atoms with Crippen LogP contribution in [-0.4, -0.2) is 17.7 Å². The molecule has 0 fully saturated rings. The van der Waals surface area contributed by atoms with Gasteiger partial charge < -0.3 is 5.32 Å². The number of carbonyl (C=O) groups is 1. The molecule has 0 aliphatic carbocycles. The fourth-order valence-electron chi connectivity index (χ4n) is 1.47. The molecule has 1 amide bonds. The maximum Gasteiger partial charge on any atom is 0.221 e. The minimum absolute atomic E-state index is 0.00427. The molecule has 1 N–H and O–H groups in total. The van der Waals surface area contributed by atoms with Crippen molar-refractivity contribution in [1.29, 1.82) is 0 Å². The second kappa shape index (κ2) is 6.53. The van der Waals surface area contributed by atoms with Gasteiger partial charge in [0, 0.05) is 12.5 Å². The Kier molecular flexibility index (Phi) is 5.32. The van der Waals surface area contributed by atoms with Crippen LogP contribution in [0.25, 0.3) is 0 Å². The maximum absolute atomic E-state index is 12.7. The number of nitrogens with one attached hydrogen (secondary N) is 1. The Labute approximate surface area is 101 Å². The normalized spacial score (nSPS) is 12.2. The van der Waals surface area contributed by atoms with Crippen molar-refractivity contribution in [2.75, 3.05) is 5.75 Å². The molecule has 0 radical (unpaired) electrons. The third kappa shape index (κ3) is 4.66. The molecule has 0 bridgehead atoms. The van der Waals surface area contributed by atoms with Gasteiger partial charge in [-0.1, -0.05) is 12.1 Å². The van der Waals surface area contributed by atoms with E-state index >= 15 is 0 Å². The van der Waals surface area contributed by atoms with E-state index in [1.165, 1.54) is 12.1 Å². The van der Waals surface area contributed by atoms with Gasteiger partial charge in [-0.3, -0.25) is 4.79 Å². The van der Waals surface area contributed by atoms with E-state index in [4.69, 9.17) is 0 Å². The molecule has 0 aromatic heterocycles. The summed E-state index contributed by atoms with van der Waals surface area (Å²) >= 11 is 3.99.